The highest BCUT2D eigenvalue weighted by Crippen LogP contribution is 2.27. The van der Waals surface area contributed by atoms with Crippen molar-refractivity contribution < 1.29 is 17.9 Å². The first-order chi connectivity index (χ1) is 16.9. The maximum absolute atomic E-state index is 12.9. The van der Waals surface area contributed by atoms with Crippen molar-refractivity contribution in [3.05, 3.63) is 90.0 Å². The first-order valence-corrected chi connectivity index (χ1v) is 13.5. The van der Waals surface area contributed by atoms with Crippen molar-refractivity contribution in [1.29, 1.82) is 0 Å². The van der Waals surface area contributed by atoms with E-state index >= 15 is 0 Å². The van der Waals surface area contributed by atoms with Gasteiger partial charge in [-0.05, 0) is 66.8 Å². The smallest absolute Gasteiger partial charge is 0.263 e. The lowest BCUT2D eigenvalue weighted by Crippen LogP contribution is -2.46. The number of nitrogens with zero attached hydrogens (tertiary/aromatic N) is 2. The molecule has 36 heavy (non-hydrogen) atoms. The summed E-state index contributed by atoms with van der Waals surface area (Å²) in [6.45, 7) is 9.73. The Kier molecular flexibility index (Phi) is 8.20. The number of rotatable bonds is 8. The minimum Gasteiger partial charge on any atom is -0.457 e. The molecule has 1 N–H and O–H groups in total. The number of carbonyl (C=O) groups excluding carboxylic acids is 1. The van der Waals surface area contributed by atoms with Gasteiger partial charge in [-0.3, -0.25) is 9.10 Å². The van der Waals surface area contributed by atoms with E-state index in [9.17, 15) is 13.2 Å². The van der Waals surface area contributed by atoms with Crippen LogP contribution in [-0.4, -0.2) is 32.3 Å². The number of para-hydroxylation sites is 1. The molecule has 0 saturated carbocycles. The number of anilines is 1. The minimum absolute atomic E-state index is 0.0359. The van der Waals surface area contributed by atoms with Crippen LogP contribution >= 0.6 is 0 Å². The summed E-state index contributed by atoms with van der Waals surface area (Å²) in [5.74, 6) is 0.670. The number of hydrazone groups is 1. The van der Waals surface area contributed by atoms with E-state index in [2.05, 4.69) is 31.3 Å². The third kappa shape index (κ3) is 6.95. The third-order valence-corrected chi connectivity index (χ3v) is 6.90. The van der Waals surface area contributed by atoms with Crippen LogP contribution in [-0.2, 0) is 20.2 Å². The van der Waals surface area contributed by atoms with Crippen molar-refractivity contribution in [2.24, 2.45) is 5.10 Å². The van der Waals surface area contributed by atoms with E-state index in [-0.39, 0.29) is 5.41 Å². The lowest BCUT2D eigenvalue weighted by atomic mass is 9.86. The maximum Gasteiger partial charge on any atom is 0.263 e. The molecule has 0 spiro atoms. The van der Waals surface area contributed by atoms with Gasteiger partial charge in [-0.1, -0.05) is 63.2 Å². The molecule has 0 aliphatic rings. The molecule has 0 fully saturated rings. The van der Waals surface area contributed by atoms with E-state index in [0.29, 0.717) is 22.9 Å². The van der Waals surface area contributed by atoms with Crippen LogP contribution in [0.1, 0.15) is 45.7 Å². The molecule has 8 heteroatoms. The van der Waals surface area contributed by atoms with E-state index in [0.717, 1.165) is 16.1 Å². The van der Waals surface area contributed by atoms with Crippen LogP contribution in [0, 0.1) is 0 Å². The van der Waals surface area contributed by atoms with Crippen molar-refractivity contribution >= 4 is 27.3 Å². The van der Waals surface area contributed by atoms with Gasteiger partial charge in [0.1, 0.15) is 17.5 Å². The maximum atomic E-state index is 12.9. The minimum atomic E-state index is -3.76. The van der Waals surface area contributed by atoms with Gasteiger partial charge in [-0.25, -0.2) is 13.8 Å². The molecule has 0 aromatic heterocycles. The Balaban J connectivity index is 1.74. The predicted octanol–water partition coefficient (Wildman–Crippen LogP) is 5.47. The summed E-state index contributed by atoms with van der Waals surface area (Å²) in [6.07, 6.45) is 1.07. The van der Waals surface area contributed by atoms with Gasteiger partial charge >= 0.3 is 0 Å². The average molecular weight is 508 g/mol. The monoisotopic (exact) mass is 507 g/mol. The van der Waals surface area contributed by atoms with Crippen LogP contribution in [0.3, 0.4) is 0 Å². The molecular weight excluding hydrogens is 474 g/mol. The van der Waals surface area contributed by atoms with Gasteiger partial charge in [0.2, 0.25) is 10.0 Å². The number of benzene rings is 3. The lowest BCUT2D eigenvalue weighted by Gasteiger charge is -2.27. The molecule has 0 unspecified atom stereocenters. The molecule has 7 nitrogen and oxygen atoms in total. The van der Waals surface area contributed by atoms with Crippen molar-refractivity contribution in [3.8, 4) is 11.5 Å². The summed E-state index contributed by atoms with van der Waals surface area (Å²) in [5, 5.41) is 4.20. The Morgan fingerprint density at radius 1 is 0.917 bits per heavy atom. The second kappa shape index (κ2) is 11.0. The summed E-state index contributed by atoms with van der Waals surface area (Å²) < 4.78 is 32.1. The Hall–Kier alpha value is -3.65. The second-order valence-electron chi connectivity index (χ2n) is 9.64. The van der Waals surface area contributed by atoms with Crippen LogP contribution in [0.4, 0.5) is 5.69 Å². The van der Waals surface area contributed by atoms with Gasteiger partial charge in [-0.15, -0.1) is 0 Å². The van der Waals surface area contributed by atoms with E-state index in [1.54, 1.807) is 31.2 Å². The number of hydrogen-bond acceptors (Lipinski definition) is 5. The predicted molar refractivity (Wildman–Crippen MR) is 145 cm³/mol. The molecule has 0 saturated heterocycles. The molecule has 1 atom stereocenters. The van der Waals surface area contributed by atoms with E-state index < -0.39 is 22.0 Å². The van der Waals surface area contributed by atoms with Gasteiger partial charge in [0.15, 0.2) is 0 Å². The molecule has 0 bridgehead atoms. The highest BCUT2D eigenvalue weighted by atomic mass is 32.2. The van der Waals surface area contributed by atoms with E-state index in [4.69, 9.17) is 4.74 Å². The molecule has 3 aromatic rings. The number of amides is 1. The highest BCUT2D eigenvalue weighted by molar-refractivity contribution is 7.92. The largest absolute Gasteiger partial charge is 0.457 e. The Morgan fingerprint density at radius 3 is 2.00 bits per heavy atom. The van der Waals surface area contributed by atoms with Gasteiger partial charge < -0.3 is 4.74 Å². The highest BCUT2D eigenvalue weighted by Gasteiger charge is 2.29. The number of ether oxygens (including phenoxy) is 1. The summed E-state index contributed by atoms with van der Waals surface area (Å²) in [6, 6.07) is 22.8. The lowest BCUT2D eigenvalue weighted by molar-refractivity contribution is -0.121. The van der Waals surface area contributed by atoms with Gasteiger partial charge in [0, 0.05) is 0 Å². The van der Waals surface area contributed by atoms with Crippen LogP contribution in [0.2, 0.25) is 0 Å². The topological polar surface area (TPSA) is 88.1 Å². The number of sulfonamides is 1. The SMILES string of the molecule is C/C(=N/NC(=O)[C@@H](C)N(c1ccc(Oc2ccccc2)cc1)S(C)(=O)=O)c1ccc(C(C)(C)C)cc1. The van der Waals surface area contributed by atoms with Crippen LogP contribution in [0.15, 0.2) is 84.0 Å². The Labute approximate surface area is 213 Å². The van der Waals surface area contributed by atoms with Gasteiger partial charge in [0.05, 0.1) is 17.7 Å². The van der Waals surface area contributed by atoms with E-state index in [1.807, 2.05) is 54.6 Å². The number of carbonyl (C=O) groups is 1. The van der Waals surface area contributed by atoms with Crippen molar-refractivity contribution in [3.63, 3.8) is 0 Å². The summed E-state index contributed by atoms with van der Waals surface area (Å²) >= 11 is 0. The van der Waals surface area contributed by atoms with Crippen molar-refractivity contribution in [1.82, 2.24) is 5.43 Å². The van der Waals surface area contributed by atoms with Crippen molar-refractivity contribution in [2.75, 3.05) is 10.6 Å². The standard InChI is InChI=1S/C28H33N3O4S/c1-20(22-12-14-23(15-13-22)28(3,4)5)29-30-27(32)21(2)31(36(6,33)34)24-16-18-26(19-17-24)35-25-10-8-7-9-11-25/h7-19,21H,1-6H3,(H,30,32)/b29-20-/t21-/m1/s1. The number of nitrogens with one attached hydrogen (secondary N) is 1. The third-order valence-electron chi connectivity index (χ3n) is 5.66. The number of hydrogen-bond donors (Lipinski definition) is 1. The quantitative estimate of drug-likeness (QED) is 0.323. The molecule has 1 amide bonds. The summed E-state index contributed by atoms with van der Waals surface area (Å²) in [7, 11) is -3.76. The molecule has 0 radical (unpaired) electrons. The molecule has 0 aliphatic carbocycles. The van der Waals surface area contributed by atoms with Crippen LogP contribution < -0.4 is 14.5 Å². The molecule has 0 heterocycles. The van der Waals surface area contributed by atoms with Gasteiger partial charge in [-0.2, -0.15) is 5.10 Å². The fourth-order valence-corrected chi connectivity index (χ4v) is 4.78. The summed E-state index contributed by atoms with van der Waals surface area (Å²) in [5.41, 5.74) is 5.57. The van der Waals surface area contributed by atoms with Crippen molar-refractivity contribution in [2.45, 2.75) is 46.1 Å². The first kappa shape index (κ1) is 26.9. The summed E-state index contributed by atoms with van der Waals surface area (Å²) in [4.78, 5) is 12.9. The zero-order chi connectivity index (χ0) is 26.5. The molecule has 190 valence electrons. The molecule has 0 aliphatic heterocycles. The Bertz CT molecular complexity index is 1310. The van der Waals surface area contributed by atoms with Gasteiger partial charge in [0.25, 0.3) is 5.91 Å². The fraction of sp³-hybridized carbons (Fsp3) is 0.286. The fourth-order valence-electron chi connectivity index (χ4n) is 3.60. The first-order valence-electron chi connectivity index (χ1n) is 11.6. The molecule has 3 rings (SSSR count). The van der Waals surface area contributed by atoms with Crippen LogP contribution in [0.25, 0.3) is 0 Å². The Morgan fingerprint density at radius 2 is 1.47 bits per heavy atom. The molecular formula is C28H33N3O4S. The van der Waals surface area contributed by atoms with E-state index in [1.165, 1.54) is 12.5 Å². The normalized spacial score (nSPS) is 13.1. The molecule has 3 aromatic carbocycles. The zero-order valence-electron chi connectivity index (χ0n) is 21.5. The van der Waals surface area contributed by atoms with Crippen LogP contribution in [0.5, 0.6) is 11.5 Å². The average Bonchev–Trinajstić information content (AvgIpc) is 2.83. The second-order valence-corrected chi connectivity index (χ2v) is 11.5. The zero-order valence-corrected chi connectivity index (χ0v) is 22.3.